The molecule has 0 spiro atoms. The zero-order valence-corrected chi connectivity index (χ0v) is 22.0. The Morgan fingerprint density at radius 1 is 1.03 bits per heavy atom. The molecule has 2 heterocycles. The minimum Gasteiger partial charge on any atom is -0.318 e. The molecule has 1 N–H and O–H groups in total. The van der Waals surface area contributed by atoms with Gasteiger partial charge in [0.1, 0.15) is 0 Å². The van der Waals surface area contributed by atoms with Crippen molar-refractivity contribution in [1.82, 2.24) is 9.88 Å². The topological polar surface area (TPSA) is 46.4 Å². The summed E-state index contributed by atoms with van der Waals surface area (Å²) in [5, 5.41) is 4.10. The SMILES string of the molecule is Cc1ccc(N=C2NC(=O)/C(=C/c3cc(C)n(-c4ccc(C5CCCCC5)cc4)c3C)S2)cc1Cl. The Balaban J connectivity index is 1.37. The molecule has 0 bridgehead atoms. The van der Waals surface area contributed by atoms with Gasteiger partial charge >= 0.3 is 0 Å². The average molecular weight is 504 g/mol. The summed E-state index contributed by atoms with van der Waals surface area (Å²) in [6, 6.07) is 16.8. The van der Waals surface area contributed by atoms with Crippen LogP contribution in [0.15, 0.2) is 58.4 Å². The number of nitrogens with one attached hydrogen (secondary N) is 1. The number of hydrogen-bond donors (Lipinski definition) is 1. The third-order valence-electron chi connectivity index (χ3n) is 7.02. The lowest BCUT2D eigenvalue weighted by Gasteiger charge is -2.22. The van der Waals surface area contributed by atoms with Crippen LogP contribution in [0.4, 0.5) is 5.69 Å². The number of rotatable bonds is 4. The number of carbonyl (C=O) groups excluding carboxylic acids is 1. The number of aliphatic imine (C=N–C) groups is 1. The normalized spacial score (nSPS) is 19.0. The highest BCUT2D eigenvalue weighted by Gasteiger charge is 2.25. The number of hydrogen-bond acceptors (Lipinski definition) is 3. The lowest BCUT2D eigenvalue weighted by molar-refractivity contribution is -0.115. The van der Waals surface area contributed by atoms with Crippen LogP contribution >= 0.6 is 23.4 Å². The Hall–Kier alpha value is -2.76. The molecule has 0 unspecified atom stereocenters. The minimum atomic E-state index is -0.131. The third kappa shape index (κ3) is 5.12. The zero-order valence-electron chi connectivity index (χ0n) is 20.4. The number of benzene rings is 2. The summed E-state index contributed by atoms with van der Waals surface area (Å²) in [4.78, 5) is 17.8. The first-order valence-electron chi connectivity index (χ1n) is 12.2. The fourth-order valence-electron chi connectivity index (χ4n) is 5.05. The molecular formula is C29H30ClN3OS. The number of amides is 1. The molecule has 0 atom stereocenters. The molecule has 1 amide bonds. The van der Waals surface area contributed by atoms with Crippen LogP contribution in [0.25, 0.3) is 11.8 Å². The summed E-state index contributed by atoms with van der Waals surface area (Å²) < 4.78 is 2.26. The second kappa shape index (κ2) is 10.1. The van der Waals surface area contributed by atoms with Crippen LogP contribution in [0.2, 0.25) is 5.02 Å². The van der Waals surface area contributed by atoms with E-state index >= 15 is 0 Å². The molecule has 2 aromatic carbocycles. The maximum atomic E-state index is 12.6. The fourth-order valence-corrected chi connectivity index (χ4v) is 6.06. The quantitative estimate of drug-likeness (QED) is 0.366. The van der Waals surface area contributed by atoms with Gasteiger partial charge in [-0.2, -0.15) is 0 Å². The summed E-state index contributed by atoms with van der Waals surface area (Å²) in [6.07, 6.45) is 8.63. The molecule has 1 aliphatic carbocycles. The first-order valence-corrected chi connectivity index (χ1v) is 13.4. The van der Waals surface area contributed by atoms with Crippen LogP contribution in [0.5, 0.6) is 0 Å². The Kier molecular flexibility index (Phi) is 6.90. The van der Waals surface area contributed by atoms with Crippen LogP contribution in [0.3, 0.4) is 0 Å². The first-order chi connectivity index (χ1) is 16.9. The van der Waals surface area contributed by atoms with Gasteiger partial charge in [0, 0.05) is 22.1 Å². The number of halogens is 1. The maximum absolute atomic E-state index is 12.6. The van der Waals surface area contributed by atoms with E-state index in [-0.39, 0.29) is 5.91 Å². The Morgan fingerprint density at radius 2 is 1.77 bits per heavy atom. The Morgan fingerprint density at radius 3 is 2.49 bits per heavy atom. The number of amidine groups is 1. The Labute approximate surface area is 216 Å². The predicted molar refractivity (Wildman–Crippen MR) is 148 cm³/mol. The first kappa shape index (κ1) is 24.0. The lowest BCUT2D eigenvalue weighted by Crippen LogP contribution is -2.19. The van der Waals surface area contributed by atoms with Gasteiger partial charge < -0.3 is 9.88 Å². The molecule has 180 valence electrons. The van der Waals surface area contributed by atoms with Crippen molar-refractivity contribution in [2.75, 3.05) is 0 Å². The third-order valence-corrected chi connectivity index (χ3v) is 8.34. The van der Waals surface area contributed by atoms with Crippen molar-refractivity contribution < 1.29 is 4.79 Å². The van der Waals surface area contributed by atoms with Crippen molar-refractivity contribution in [3.8, 4) is 5.69 Å². The molecule has 0 radical (unpaired) electrons. The summed E-state index contributed by atoms with van der Waals surface area (Å²) in [5.41, 5.74) is 7.63. The van der Waals surface area contributed by atoms with Crippen molar-refractivity contribution in [2.45, 2.75) is 58.8 Å². The number of nitrogens with zero attached hydrogens (tertiary/aromatic N) is 2. The van der Waals surface area contributed by atoms with Gasteiger partial charge in [-0.1, -0.05) is 49.1 Å². The van der Waals surface area contributed by atoms with Gasteiger partial charge in [0.25, 0.3) is 5.91 Å². The van der Waals surface area contributed by atoms with Crippen LogP contribution < -0.4 is 5.32 Å². The Bertz CT molecular complexity index is 1330. The largest absolute Gasteiger partial charge is 0.318 e. The lowest BCUT2D eigenvalue weighted by atomic mass is 9.84. The van der Waals surface area contributed by atoms with Gasteiger partial charge in [0.2, 0.25) is 0 Å². The van der Waals surface area contributed by atoms with Crippen LogP contribution in [-0.2, 0) is 4.79 Å². The van der Waals surface area contributed by atoms with E-state index in [4.69, 9.17) is 11.6 Å². The van der Waals surface area contributed by atoms with Crippen molar-refractivity contribution >= 4 is 46.2 Å². The number of thioether (sulfide) groups is 1. The van der Waals surface area contributed by atoms with E-state index in [1.165, 1.54) is 49.4 Å². The van der Waals surface area contributed by atoms with Crippen LogP contribution in [0.1, 0.15) is 66.1 Å². The maximum Gasteiger partial charge on any atom is 0.264 e. The van der Waals surface area contributed by atoms with Gasteiger partial charge in [0.05, 0.1) is 10.6 Å². The van der Waals surface area contributed by atoms with Crippen LogP contribution in [-0.4, -0.2) is 15.6 Å². The molecule has 6 heteroatoms. The number of carbonyl (C=O) groups is 1. The minimum absolute atomic E-state index is 0.131. The second-order valence-corrected chi connectivity index (χ2v) is 10.9. The van der Waals surface area contributed by atoms with Crippen molar-refractivity contribution in [1.29, 1.82) is 0 Å². The van der Waals surface area contributed by atoms with E-state index in [2.05, 4.69) is 59.1 Å². The molecule has 4 nitrogen and oxygen atoms in total. The summed E-state index contributed by atoms with van der Waals surface area (Å²) in [5.74, 6) is 0.572. The van der Waals surface area contributed by atoms with Crippen molar-refractivity contribution in [2.24, 2.45) is 4.99 Å². The van der Waals surface area contributed by atoms with E-state index in [0.717, 1.165) is 33.9 Å². The molecule has 2 fully saturated rings. The van der Waals surface area contributed by atoms with Crippen LogP contribution in [0, 0.1) is 20.8 Å². The molecule has 3 aromatic rings. The molecular weight excluding hydrogens is 474 g/mol. The predicted octanol–water partition coefficient (Wildman–Crippen LogP) is 8.00. The van der Waals surface area contributed by atoms with E-state index < -0.39 is 0 Å². The molecule has 1 saturated carbocycles. The standard InChI is InChI=1S/C29H30ClN3OS/c1-18-9-12-24(17-26(18)30)31-29-32-28(34)27(35-29)16-23-15-19(2)33(20(23)3)25-13-10-22(11-14-25)21-7-5-4-6-8-21/h9-17,21H,4-8H2,1-3H3,(H,31,32,34)/b27-16-. The smallest absolute Gasteiger partial charge is 0.264 e. The monoisotopic (exact) mass is 503 g/mol. The summed E-state index contributed by atoms with van der Waals surface area (Å²) in [7, 11) is 0. The van der Waals surface area contributed by atoms with E-state index in [1.807, 2.05) is 31.2 Å². The molecule has 35 heavy (non-hydrogen) atoms. The highest BCUT2D eigenvalue weighted by atomic mass is 35.5. The van der Waals surface area contributed by atoms with E-state index in [9.17, 15) is 4.79 Å². The molecule has 1 aliphatic heterocycles. The van der Waals surface area contributed by atoms with Crippen molar-refractivity contribution in [3.05, 3.63) is 86.5 Å². The molecule has 1 aromatic heterocycles. The summed E-state index contributed by atoms with van der Waals surface area (Å²) >= 11 is 7.57. The van der Waals surface area contributed by atoms with Crippen molar-refractivity contribution in [3.63, 3.8) is 0 Å². The highest BCUT2D eigenvalue weighted by molar-refractivity contribution is 8.18. The number of aryl methyl sites for hydroxylation is 2. The number of aromatic nitrogens is 1. The average Bonchev–Trinajstić information content (AvgIpc) is 3.34. The fraction of sp³-hybridized carbons (Fsp3) is 0.310. The van der Waals surface area contributed by atoms with Gasteiger partial charge in [-0.3, -0.25) is 4.79 Å². The van der Waals surface area contributed by atoms with E-state index in [0.29, 0.717) is 21.0 Å². The van der Waals surface area contributed by atoms with Gasteiger partial charge in [0.15, 0.2) is 5.17 Å². The second-order valence-electron chi connectivity index (χ2n) is 9.50. The van der Waals surface area contributed by atoms with Gasteiger partial charge in [-0.25, -0.2) is 4.99 Å². The molecule has 5 rings (SSSR count). The molecule has 2 aliphatic rings. The summed E-state index contributed by atoms with van der Waals surface area (Å²) in [6.45, 7) is 6.17. The van der Waals surface area contributed by atoms with E-state index in [1.54, 1.807) is 0 Å². The van der Waals surface area contributed by atoms with Gasteiger partial charge in [-0.15, -0.1) is 0 Å². The van der Waals surface area contributed by atoms with Gasteiger partial charge in [-0.05, 0) is 104 Å². The molecule has 1 saturated heterocycles. The zero-order chi connectivity index (χ0) is 24.5. The highest BCUT2D eigenvalue weighted by Crippen LogP contribution is 2.34.